The molecular weight excluding hydrogens is 300 g/mol. The first kappa shape index (κ1) is 18.5. The van der Waals surface area contributed by atoms with Crippen molar-refractivity contribution in [3.63, 3.8) is 0 Å². The first-order valence-corrected chi connectivity index (χ1v) is 8.58. The van der Waals surface area contributed by atoms with E-state index in [2.05, 4.69) is 26.0 Å². The van der Waals surface area contributed by atoms with Gasteiger partial charge in [0.05, 0.1) is 6.61 Å². The summed E-state index contributed by atoms with van der Waals surface area (Å²) in [4.78, 5) is 12.2. The molecule has 2 aliphatic rings. The molecule has 3 nitrogen and oxygen atoms in total. The number of aliphatic hydroxyl groups excluding tert-OH is 1. The van der Waals surface area contributed by atoms with Crippen LogP contribution in [0.4, 0.5) is 0 Å². The van der Waals surface area contributed by atoms with Crippen LogP contribution in [0.2, 0.25) is 0 Å². The number of hydrogen-bond acceptors (Lipinski definition) is 3. The van der Waals surface area contributed by atoms with Gasteiger partial charge < -0.3 is 9.84 Å². The molecule has 1 atom stereocenters. The van der Waals surface area contributed by atoms with Crippen molar-refractivity contribution >= 4 is 5.97 Å². The molecule has 0 saturated heterocycles. The molecule has 1 heterocycles. The third-order valence-corrected chi connectivity index (χ3v) is 4.99. The van der Waals surface area contributed by atoms with Gasteiger partial charge in [0, 0.05) is 11.5 Å². The van der Waals surface area contributed by atoms with Gasteiger partial charge in [0.15, 0.2) is 0 Å². The first-order chi connectivity index (χ1) is 11.4. The van der Waals surface area contributed by atoms with Crippen LogP contribution in [0.1, 0.15) is 47.0 Å². The van der Waals surface area contributed by atoms with Crippen LogP contribution in [0.3, 0.4) is 0 Å². The molecule has 1 N–H and O–H groups in total. The summed E-state index contributed by atoms with van der Waals surface area (Å²) in [5, 5.41) is 9.52. The lowest BCUT2D eigenvalue weighted by molar-refractivity contribution is -0.140. The molecule has 0 spiro atoms. The molecule has 0 amide bonds. The highest BCUT2D eigenvalue weighted by Crippen LogP contribution is 2.41. The molecule has 24 heavy (non-hydrogen) atoms. The monoisotopic (exact) mass is 328 g/mol. The van der Waals surface area contributed by atoms with Crippen LogP contribution in [0.25, 0.3) is 0 Å². The fraction of sp³-hybridized carbons (Fsp3) is 0.476. The van der Waals surface area contributed by atoms with Crippen molar-refractivity contribution in [2.45, 2.75) is 47.0 Å². The maximum absolute atomic E-state index is 12.2. The van der Waals surface area contributed by atoms with Crippen LogP contribution < -0.4 is 0 Å². The fourth-order valence-corrected chi connectivity index (χ4v) is 3.37. The normalized spacial score (nSPS) is 34.0. The van der Waals surface area contributed by atoms with Gasteiger partial charge in [0.25, 0.3) is 0 Å². The lowest BCUT2D eigenvalue weighted by atomic mass is 9.71. The maximum Gasteiger partial charge on any atom is 0.331 e. The SMILES string of the molecule is CC1=C2\C=C/C(C)=C\C=C(CO)/C(C)=C\C(=O)OCC2(C)CCC1. The van der Waals surface area contributed by atoms with E-state index in [0.29, 0.717) is 6.61 Å². The molecule has 1 aliphatic carbocycles. The topological polar surface area (TPSA) is 46.5 Å². The Labute approximate surface area is 145 Å². The number of allylic oxidation sites excluding steroid dienone is 6. The van der Waals surface area contributed by atoms with E-state index in [9.17, 15) is 9.90 Å². The van der Waals surface area contributed by atoms with Crippen molar-refractivity contribution < 1.29 is 14.6 Å². The quantitative estimate of drug-likeness (QED) is 0.725. The second kappa shape index (κ2) is 7.80. The Kier molecular flexibility index (Phi) is 6.00. The van der Waals surface area contributed by atoms with Gasteiger partial charge in [-0.3, -0.25) is 0 Å². The number of carbonyl (C=O) groups is 1. The molecule has 0 bridgehead atoms. The summed E-state index contributed by atoms with van der Waals surface area (Å²) >= 11 is 0. The molecule has 0 radical (unpaired) electrons. The zero-order valence-electron chi connectivity index (χ0n) is 15.2. The smallest absolute Gasteiger partial charge is 0.331 e. The zero-order valence-corrected chi connectivity index (χ0v) is 15.2. The van der Waals surface area contributed by atoms with E-state index in [-0.39, 0.29) is 18.0 Å². The van der Waals surface area contributed by atoms with Gasteiger partial charge >= 0.3 is 5.97 Å². The van der Waals surface area contributed by atoms with E-state index in [1.165, 1.54) is 17.2 Å². The van der Waals surface area contributed by atoms with Crippen molar-refractivity contribution in [3.8, 4) is 0 Å². The Bertz CT molecular complexity index is 659. The summed E-state index contributed by atoms with van der Waals surface area (Å²) in [5.74, 6) is -0.348. The van der Waals surface area contributed by atoms with E-state index in [0.717, 1.165) is 36.0 Å². The van der Waals surface area contributed by atoms with Crippen molar-refractivity contribution in [2.24, 2.45) is 5.41 Å². The number of rotatable bonds is 1. The van der Waals surface area contributed by atoms with Crippen LogP contribution in [0, 0.1) is 5.41 Å². The highest BCUT2D eigenvalue weighted by molar-refractivity contribution is 5.83. The Morgan fingerprint density at radius 3 is 2.67 bits per heavy atom. The van der Waals surface area contributed by atoms with Crippen LogP contribution in [0.5, 0.6) is 0 Å². The largest absolute Gasteiger partial charge is 0.462 e. The van der Waals surface area contributed by atoms with Crippen LogP contribution in [-0.4, -0.2) is 24.3 Å². The second-order valence-corrected chi connectivity index (χ2v) is 7.14. The summed E-state index contributed by atoms with van der Waals surface area (Å²) in [6.45, 7) is 8.48. The Morgan fingerprint density at radius 1 is 1.21 bits per heavy atom. The number of ether oxygens (including phenoxy) is 1. The highest BCUT2D eigenvalue weighted by atomic mass is 16.5. The number of fused-ring (bicyclic) bond motifs is 1. The van der Waals surface area contributed by atoms with Crippen molar-refractivity contribution in [3.05, 3.63) is 58.2 Å². The molecule has 2 rings (SSSR count). The minimum Gasteiger partial charge on any atom is -0.462 e. The van der Waals surface area contributed by atoms with Crippen LogP contribution >= 0.6 is 0 Å². The molecule has 0 saturated carbocycles. The van der Waals surface area contributed by atoms with E-state index in [4.69, 9.17) is 4.74 Å². The lowest BCUT2D eigenvalue weighted by Crippen LogP contribution is -2.30. The van der Waals surface area contributed by atoms with Crippen molar-refractivity contribution in [1.29, 1.82) is 0 Å². The fourth-order valence-electron chi connectivity index (χ4n) is 3.37. The summed E-state index contributed by atoms with van der Waals surface area (Å²) in [7, 11) is 0. The minimum atomic E-state index is -0.348. The molecule has 0 fully saturated rings. The molecule has 0 aromatic rings. The van der Waals surface area contributed by atoms with Crippen LogP contribution in [0.15, 0.2) is 58.2 Å². The third kappa shape index (κ3) is 4.35. The minimum absolute atomic E-state index is 0.106. The molecule has 1 unspecified atom stereocenters. The number of aliphatic hydroxyl groups is 1. The van der Waals surface area contributed by atoms with Gasteiger partial charge in [0.1, 0.15) is 6.61 Å². The Morgan fingerprint density at radius 2 is 1.96 bits per heavy atom. The van der Waals surface area contributed by atoms with E-state index in [1.807, 2.05) is 26.0 Å². The van der Waals surface area contributed by atoms with Crippen LogP contribution in [-0.2, 0) is 9.53 Å². The maximum atomic E-state index is 12.2. The average molecular weight is 328 g/mol. The molecule has 3 heteroatoms. The number of esters is 1. The molecular formula is C21H28O3. The highest BCUT2D eigenvalue weighted by Gasteiger charge is 2.33. The molecule has 1 aliphatic heterocycles. The summed E-state index contributed by atoms with van der Waals surface area (Å²) < 4.78 is 5.56. The van der Waals surface area contributed by atoms with Crippen molar-refractivity contribution in [2.75, 3.05) is 13.2 Å². The standard InChI is InChI=1S/C21H28O3/c1-15-7-9-18(13-22)17(3)12-20(23)24-14-21(4)11-5-6-16(2)19(21)10-8-15/h7-10,12,22H,5-6,11,13-14H2,1-4H3/b10-8-,15-7-,17-12-,18-9-. The van der Waals surface area contributed by atoms with E-state index < -0.39 is 0 Å². The molecule has 0 aromatic heterocycles. The first-order valence-electron chi connectivity index (χ1n) is 8.58. The van der Waals surface area contributed by atoms with Gasteiger partial charge in [-0.05, 0) is 56.8 Å². The Hall–Kier alpha value is -1.87. The number of carbonyl (C=O) groups excluding carboxylic acids is 1. The van der Waals surface area contributed by atoms with Gasteiger partial charge in [-0.15, -0.1) is 0 Å². The average Bonchev–Trinajstić information content (AvgIpc) is 2.53. The Balaban J connectivity index is 2.48. The molecule has 0 aromatic carbocycles. The van der Waals surface area contributed by atoms with Crippen molar-refractivity contribution in [1.82, 2.24) is 0 Å². The number of hydrogen-bond donors (Lipinski definition) is 1. The van der Waals surface area contributed by atoms with E-state index in [1.54, 1.807) is 0 Å². The van der Waals surface area contributed by atoms with Gasteiger partial charge in [0.2, 0.25) is 0 Å². The predicted molar refractivity (Wildman–Crippen MR) is 97.4 cm³/mol. The second-order valence-electron chi connectivity index (χ2n) is 7.14. The zero-order chi connectivity index (χ0) is 17.7. The summed E-state index contributed by atoms with van der Waals surface area (Å²) in [5.41, 5.74) is 5.07. The summed E-state index contributed by atoms with van der Waals surface area (Å²) in [6, 6.07) is 0. The number of cyclic esters (lactones) is 1. The summed E-state index contributed by atoms with van der Waals surface area (Å²) in [6.07, 6.45) is 12.8. The predicted octanol–water partition coefficient (Wildman–Crippen LogP) is 4.42. The third-order valence-electron chi connectivity index (χ3n) is 4.99. The molecule has 130 valence electrons. The van der Waals surface area contributed by atoms with Gasteiger partial charge in [-0.25, -0.2) is 4.79 Å². The van der Waals surface area contributed by atoms with Gasteiger partial charge in [-0.2, -0.15) is 0 Å². The van der Waals surface area contributed by atoms with Gasteiger partial charge in [-0.1, -0.05) is 42.4 Å². The lowest BCUT2D eigenvalue weighted by Gasteiger charge is -2.36. The van der Waals surface area contributed by atoms with E-state index >= 15 is 0 Å².